The van der Waals surface area contributed by atoms with Gasteiger partial charge in [-0.1, -0.05) is 60.4 Å². The van der Waals surface area contributed by atoms with E-state index in [4.69, 9.17) is 0 Å². The molecule has 1 heteroatoms. The number of rotatable bonds is 7. The number of hydrogen-bond acceptors (Lipinski definition) is 0. The third kappa shape index (κ3) is 6.27. The maximum atomic E-state index is 15.2. The van der Waals surface area contributed by atoms with Gasteiger partial charge in [0.05, 0.1) is 0 Å². The Balaban J connectivity index is 1.40. The van der Waals surface area contributed by atoms with Crippen LogP contribution in [0.3, 0.4) is 0 Å². The smallest absolute Gasteiger partial charge is 0.134 e. The normalized spacial score (nSPS) is 18.1. The molecule has 3 aromatic rings. The van der Waals surface area contributed by atoms with Crippen molar-refractivity contribution in [3.8, 4) is 11.8 Å². The third-order valence-corrected chi connectivity index (χ3v) is 7.22. The molecule has 4 rings (SSSR count). The van der Waals surface area contributed by atoms with Gasteiger partial charge in [-0.05, 0) is 111 Å². The van der Waals surface area contributed by atoms with E-state index < -0.39 is 0 Å². The molecule has 1 aliphatic rings. The Bertz CT molecular complexity index is 1200. The van der Waals surface area contributed by atoms with E-state index in [2.05, 4.69) is 67.8 Å². The number of benzene rings is 3. The fourth-order valence-corrected chi connectivity index (χ4v) is 5.00. The van der Waals surface area contributed by atoms with Gasteiger partial charge in [0.2, 0.25) is 0 Å². The molecular formula is C33H35F. The first-order valence-corrected chi connectivity index (χ1v) is 12.7. The van der Waals surface area contributed by atoms with Gasteiger partial charge in [-0.15, -0.1) is 6.58 Å². The van der Waals surface area contributed by atoms with Crippen LogP contribution in [-0.2, 0) is 12.8 Å². The van der Waals surface area contributed by atoms with Crippen LogP contribution in [-0.4, -0.2) is 0 Å². The van der Waals surface area contributed by atoms with E-state index in [0.29, 0.717) is 17.2 Å². The Labute approximate surface area is 204 Å². The van der Waals surface area contributed by atoms with Crippen LogP contribution in [0.25, 0.3) is 10.8 Å². The number of aryl methyl sites for hydroxylation is 2. The number of hydrogen-bond donors (Lipinski definition) is 0. The second-order valence-electron chi connectivity index (χ2n) is 9.58. The molecule has 0 aromatic heterocycles. The van der Waals surface area contributed by atoms with Gasteiger partial charge in [0, 0.05) is 16.5 Å². The van der Waals surface area contributed by atoms with E-state index in [0.717, 1.165) is 47.8 Å². The van der Waals surface area contributed by atoms with Crippen LogP contribution >= 0.6 is 0 Å². The summed E-state index contributed by atoms with van der Waals surface area (Å²) in [4.78, 5) is 0. The SMILES string of the molecule is C=CC1CCC(CCc2ccc3cc(C#Cc4ccc(CC/C=C/C)cc4)ccc3c2F)CC1. The van der Waals surface area contributed by atoms with Crippen LogP contribution in [0.1, 0.15) is 67.7 Å². The lowest BCUT2D eigenvalue weighted by Gasteiger charge is -2.26. The Morgan fingerprint density at radius 2 is 1.65 bits per heavy atom. The average Bonchev–Trinajstić information content (AvgIpc) is 2.88. The van der Waals surface area contributed by atoms with Crippen LogP contribution in [0.2, 0.25) is 0 Å². The summed E-state index contributed by atoms with van der Waals surface area (Å²) < 4.78 is 15.2. The van der Waals surface area contributed by atoms with Crippen molar-refractivity contribution in [3.05, 3.63) is 107 Å². The van der Waals surface area contributed by atoms with Crippen molar-refractivity contribution in [2.75, 3.05) is 0 Å². The second-order valence-corrected chi connectivity index (χ2v) is 9.58. The summed E-state index contributed by atoms with van der Waals surface area (Å²) in [6, 6.07) is 18.3. The van der Waals surface area contributed by atoms with E-state index in [-0.39, 0.29) is 5.82 Å². The van der Waals surface area contributed by atoms with E-state index in [1.165, 1.54) is 31.2 Å². The van der Waals surface area contributed by atoms with E-state index in [1.807, 2.05) is 30.3 Å². The van der Waals surface area contributed by atoms with Crippen molar-refractivity contribution in [2.24, 2.45) is 11.8 Å². The molecule has 0 amide bonds. The first kappa shape index (κ1) is 24.0. The van der Waals surface area contributed by atoms with Gasteiger partial charge in [-0.2, -0.15) is 0 Å². The fraction of sp³-hybridized carbons (Fsp3) is 0.333. The zero-order valence-corrected chi connectivity index (χ0v) is 20.3. The van der Waals surface area contributed by atoms with Gasteiger partial charge in [-0.25, -0.2) is 4.39 Å². The molecule has 0 N–H and O–H groups in total. The highest BCUT2D eigenvalue weighted by molar-refractivity contribution is 5.85. The molecule has 0 radical (unpaired) electrons. The van der Waals surface area contributed by atoms with Crippen molar-refractivity contribution in [1.29, 1.82) is 0 Å². The molecule has 1 aliphatic carbocycles. The van der Waals surface area contributed by atoms with Gasteiger partial charge < -0.3 is 0 Å². The highest BCUT2D eigenvalue weighted by Crippen LogP contribution is 2.33. The molecule has 0 nitrogen and oxygen atoms in total. The van der Waals surface area contributed by atoms with Crippen molar-refractivity contribution >= 4 is 10.8 Å². The molecular weight excluding hydrogens is 415 g/mol. The highest BCUT2D eigenvalue weighted by atomic mass is 19.1. The van der Waals surface area contributed by atoms with Gasteiger partial charge in [0.1, 0.15) is 5.82 Å². The number of fused-ring (bicyclic) bond motifs is 1. The highest BCUT2D eigenvalue weighted by Gasteiger charge is 2.19. The van der Waals surface area contributed by atoms with Gasteiger partial charge in [-0.3, -0.25) is 0 Å². The maximum absolute atomic E-state index is 15.2. The van der Waals surface area contributed by atoms with Gasteiger partial charge in [0.25, 0.3) is 0 Å². The monoisotopic (exact) mass is 450 g/mol. The lowest BCUT2D eigenvalue weighted by atomic mass is 9.79. The molecule has 0 bridgehead atoms. The number of halogens is 1. The average molecular weight is 451 g/mol. The molecule has 174 valence electrons. The van der Waals surface area contributed by atoms with Crippen LogP contribution in [0.5, 0.6) is 0 Å². The van der Waals surface area contributed by atoms with Crippen LogP contribution in [0.4, 0.5) is 4.39 Å². The molecule has 0 heterocycles. The summed E-state index contributed by atoms with van der Waals surface area (Å²) in [5.74, 6) is 7.82. The van der Waals surface area contributed by atoms with Crippen molar-refractivity contribution in [1.82, 2.24) is 0 Å². The first-order chi connectivity index (χ1) is 16.7. The lowest BCUT2D eigenvalue weighted by Crippen LogP contribution is -2.13. The molecule has 1 saturated carbocycles. The summed E-state index contributed by atoms with van der Waals surface area (Å²) >= 11 is 0. The predicted octanol–water partition coefficient (Wildman–Crippen LogP) is 8.81. The summed E-state index contributed by atoms with van der Waals surface area (Å²) in [5, 5.41) is 1.61. The summed E-state index contributed by atoms with van der Waals surface area (Å²) in [6.45, 7) is 5.98. The zero-order valence-electron chi connectivity index (χ0n) is 20.3. The van der Waals surface area contributed by atoms with Crippen molar-refractivity contribution in [2.45, 2.75) is 58.3 Å². The Morgan fingerprint density at radius 3 is 2.38 bits per heavy atom. The molecule has 1 fully saturated rings. The van der Waals surface area contributed by atoms with Crippen LogP contribution in [0, 0.1) is 29.5 Å². The Hall–Kier alpha value is -3.11. The standard InChI is InChI=1S/C33H35F/c1-3-5-6-7-26-12-14-27(15-13-26)16-17-29-19-23-32-31(24-29)22-21-30(33(32)34)20-18-28-10-8-25(4-2)9-11-28/h3-5,12-15,19,21-25,28H,2,6-11,18,20H2,1H3/b5-3+. The molecule has 0 unspecified atom stereocenters. The summed E-state index contributed by atoms with van der Waals surface area (Å²) in [7, 11) is 0. The molecule has 0 atom stereocenters. The molecule has 3 aromatic carbocycles. The molecule has 0 aliphatic heterocycles. The van der Waals surface area contributed by atoms with Crippen LogP contribution < -0.4 is 0 Å². The lowest BCUT2D eigenvalue weighted by molar-refractivity contribution is 0.295. The zero-order chi connectivity index (χ0) is 23.8. The predicted molar refractivity (Wildman–Crippen MR) is 143 cm³/mol. The van der Waals surface area contributed by atoms with E-state index in [9.17, 15) is 0 Å². The minimum Gasteiger partial charge on any atom is -0.206 e. The number of allylic oxidation sites excluding steroid dienone is 3. The minimum atomic E-state index is -0.0645. The van der Waals surface area contributed by atoms with Gasteiger partial charge >= 0.3 is 0 Å². The van der Waals surface area contributed by atoms with Crippen molar-refractivity contribution in [3.63, 3.8) is 0 Å². The van der Waals surface area contributed by atoms with Crippen LogP contribution in [0.15, 0.2) is 79.4 Å². The summed E-state index contributed by atoms with van der Waals surface area (Å²) in [5.41, 5.74) is 4.08. The Morgan fingerprint density at radius 1 is 0.912 bits per heavy atom. The first-order valence-electron chi connectivity index (χ1n) is 12.7. The molecule has 0 saturated heterocycles. The summed E-state index contributed by atoms with van der Waals surface area (Å²) in [6.07, 6.45) is 15.3. The quantitative estimate of drug-likeness (QED) is 0.249. The van der Waals surface area contributed by atoms with E-state index >= 15 is 4.39 Å². The second kappa shape index (κ2) is 11.8. The van der Waals surface area contributed by atoms with Crippen molar-refractivity contribution < 1.29 is 4.39 Å². The maximum Gasteiger partial charge on any atom is 0.134 e. The van der Waals surface area contributed by atoms with E-state index in [1.54, 1.807) is 0 Å². The molecule has 34 heavy (non-hydrogen) atoms. The molecule has 0 spiro atoms. The van der Waals surface area contributed by atoms with Gasteiger partial charge in [0.15, 0.2) is 0 Å². The fourth-order valence-electron chi connectivity index (χ4n) is 5.00. The topological polar surface area (TPSA) is 0 Å². The largest absolute Gasteiger partial charge is 0.206 e. The Kier molecular flexibility index (Phi) is 8.37. The minimum absolute atomic E-state index is 0.0645. The third-order valence-electron chi connectivity index (χ3n) is 7.22.